The summed E-state index contributed by atoms with van der Waals surface area (Å²) in [5, 5.41) is 0. The summed E-state index contributed by atoms with van der Waals surface area (Å²) in [5.74, 6) is -0.413. The van der Waals surface area contributed by atoms with Crippen molar-refractivity contribution in [3.63, 3.8) is 0 Å². The highest BCUT2D eigenvalue weighted by Crippen LogP contribution is 2.30. The van der Waals surface area contributed by atoms with Crippen molar-refractivity contribution < 1.29 is 12.8 Å². The van der Waals surface area contributed by atoms with Gasteiger partial charge in [0.1, 0.15) is 5.82 Å². The van der Waals surface area contributed by atoms with Gasteiger partial charge < -0.3 is 9.80 Å². The Hall–Kier alpha value is -1.96. The van der Waals surface area contributed by atoms with E-state index in [0.29, 0.717) is 5.56 Å². The first-order valence-electron chi connectivity index (χ1n) is 9.45. The third kappa shape index (κ3) is 4.37. The van der Waals surface area contributed by atoms with E-state index in [1.165, 1.54) is 29.4 Å². The molecule has 0 unspecified atom stereocenters. The van der Waals surface area contributed by atoms with E-state index in [1.807, 2.05) is 19.0 Å². The van der Waals surface area contributed by atoms with Gasteiger partial charge >= 0.3 is 0 Å². The molecule has 2 aromatic carbocycles. The summed E-state index contributed by atoms with van der Waals surface area (Å²) in [5.41, 5.74) is 3.94. The molecule has 0 radical (unpaired) electrons. The number of hydrogen-bond donors (Lipinski definition) is 1. The molecule has 1 aliphatic heterocycles. The highest BCUT2D eigenvalue weighted by molar-refractivity contribution is 7.89. The maximum atomic E-state index is 13.5. The van der Waals surface area contributed by atoms with Crippen LogP contribution >= 0.6 is 0 Å². The van der Waals surface area contributed by atoms with Crippen LogP contribution in [0.15, 0.2) is 41.3 Å². The van der Waals surface area contributed by atoms with Gasteiger partial charge in [-0.3, -0.25) is 0 Å². The van der Waals surface area contributed by atoms with Crippen molar-refractivity contribution in [3.05, 3.63) is 58.9 Å². The lowest BCUT2D eigenvalue weighted by Crippen LogP contribution is -2.35. The lowest BCUT2D eigenvalue weighted by atomic mass is 9.96. The first kappa shape index (κ1) is 20.8. The Morgan fingerprint density at radius 2 is 1.96 bits per heavy atom. The maximum Gasteiger partial charge on any atom is 0.240 e. The SMILES string of the molecule is Cc1cc(S(=O)(=O)NC[C@@H](c2ccc3c(c2)CCCN3C)N(C)C)ccc1F. The summed E-state index contributed by atoms with van der Waals surface area (Å²) in [4.78, 5) is 4.34. The minimum absolute atomic E-state index is 0.0796. The van der Waals surface area contributed by atoms with E-state index in [9.17, 15) is 12.8 Å². The van der Waals surface area contributed by atoms with Crippen LogP contribution in [-0.2, 0) is 16.4 Å². The van der Waals surface area contributed by atoms with E-state index in [1.54, 1.807) is 6.92 Å². The predicted octanol–water partition coefficient (Wildman–Crippen LogP) is 3.10. The second-order valence-electron chi connectivity index (χ2n) is 7.66. The van der Waals surface area contributed by atoms with Crippen molar-refractivity contribution in [2.75, 3.05) is 39.1 Å². The van der Waals surface area contributed by atoms with Crippen LogP contribution in [0.1, 0.15) is 29.2 Å². The molecule has 7 heteroatoms. The Balaban J connectivity index is 1.81. The molecule has 1 heterocycles. The van der Waals surface area contributed by atoms with Gasteiger partial charge in [-0.1, -0.05) is 12.1 Å². The highest BCUT2D eigenvalue weighted by atomic mass is 32.2. The van der Waals surface area contributed by atoms with E-state index in [0.717, 1.165) is 24.9 Å². The molecule has 152 valence electrons. The number of likely N-dealkylation sites (N-methyl/N-ethyl adjacent to an activating group) is 1. The summed E-state index contributed by atoms with van der Waals surface area (Å²) >= 11 is 0. The number of nitrogens with one attached hydrogen (secondary N) is 1. The molecule has 0 bridgehead atoms. The van der Waals surface area contributed by atoms with Crippen molar-refractivity contribution in [1.82, 2.24) is 9.62 Å². The Labute approximate surface area is 167 Å². The van der Waals surface area contributed by atoms with Gasteiger partial charge in [0.25, 0.3) is 0 Å². The fourth-order valence-corrected chi connectivity index (χ4v) is 4.79. The van der Waals surface area contributed by atoms with E-state index < -0.39 is 15.8 Å². The smallest absolute Gasteiger partial charge is 0.240 e. The Bertz CT molecular complexity index is 960. The van der Waals surface area contributed by atoms with Crippen LogP contribution in [0.4, 0.5) is 10.1 Å². The molecule has 5 nitrogen and oxygen atoms in total. The minimum atomic E-state index is -3.71. The molecular weight excluding hydrogens is 377 g/mol. The molecule has 2 aromatic rings. The van der Waals surface area contributed by atoms with Gasteiger partial charge in [-0.2, -0.15) is 0 Å². The molecule has 0 fully saturated rings. The quantitative estimate of drug-likeness (QED) is 0.802. The van der Waals surface area contributed by atoms with Crippen molar-refractivity contribution >= 4 is 15.7 Å². The second-order valence-corrected chi connectivity index (χ2v) is 9.42. The zero-order valence-electron chi connectivity index (χ0n) is 16.9. The Kier molecular flexibility index (Phi) is 6.07. The van der Waals surface area contributed by atoms with Gasteiger partial charge in [-0.25, -0.2) is 17.5 Å². The number of anilines is 1. The number of sulfonamides is 1. The summed E-state index contributed by atoms with van der Waals surface area (Å²) in [6.45, 7) is 2.85. The molecule has 28 heavy (non-hydrogen) atoms. The number of fused-ring (bicyclic) bond motifs is 1. The Morgan fingerprint density at radius 1 is 1.21 bits per heavy atom. The number of rotatable bonds is 6. The lowest BCUT2D eigenvalue weighted by Gasteiger charge is -2.30. The van der Waals surface area contributed by atoms with Crippen LogP contribution in [0.2, 0.25) is 0 Å². The largest absolute Gasteiger partial charge is 0.374 e. The van der Waals surface area contributed by atoms with Crippen LogP contribution in [0.25, 0.3) is 0 Å². The van der Waals surface area contributed by atoms with Gasteiger partial charge in [0.05, 0.1) is 4.90 Å². The molecule has 0 saturated carbocycles. The van der Waals surface area contributed by atoms with Gasteiger partial charge in [-0.05, 0) is 74.8 Å². The van der Waals surface area contributed by atoms with Gasteiger partial charge in [0.2, 0.25) is 10.0 Å². The third-order valence-corrected chi connectivity index (χ3v) is 6.79. The number of nitrogens with zero attached hydrogens (tertiary/aromatic N) is 2. The van der Waals surface area contributed by atoms with Crippen molar-refractivity contribution in [2.24, 2.45) is 0 Å². The predicted molar refractivity (Wildman–Crippen MR) is 111 cm³/mol. The molecular formula is C21H28FN3O2S. The molecule has 0 spiro atoms. The topological polar surface area (TPSA) is 52.7 Å². The molecule has 3 rings (SSSR count). The van der Waals surface area contributed by atoms with Gasteiger partial charge in [-0.15, -0.1) is 0 Å². The van der Waals surface area contributed by atoms with Crippen molar-refractivity contribution in [2.45, 2.75) is 30.7 Å². The zero-order chi connectivity index (χ0) is 20.5. The zero-order valence-corrected chi connectivity index (χ0v) is 17.7. The summed E-state index contributed by atoms with van der Waals surface area (Å²) in [6.07, 6.45) is 2.16. The molecule has 0 aliphatic carbocycles. The number of aryl methyl sites for hydroxylation is 2. The van der Waals surface area contributed by atoms with E-state index in [4.69, 9.17) is 0 Å². The standard InChI is InChI=1S/C21H28FN3O2S/c1-15-12-18(8-9-19(15)22)28(26,27)23-14-21(24(2)3)17-7-10-20-16(13-17)6-5-11-25(20)4/h7-10,12-13,21,23H,5-6,11,14H2,1-4H3/t21-/m0/s1. The molecule has 1 N–H and O–H groups in total. The van der Waals surface area contributed by atoms with Gasteiger partial charge in [0.15, 0.2) is 0 Å². The molecule has 1 atom stereocenters. The van der Waals surface area contributed by atoms with Crippen LogP contribution in [0, 0.1) is 12.7 Å². The first-order chi connectivity index (χ1) is 13.2. The molecule has 0 saturated heterocycles. The number of hydrogen-bond acceptors (Lipinski definition) is 4. The van der Waals surface area contributed by atoms with Crippen molar-refractivity contribution in [1.29, 1.82) is 0 Å². The van der Waals surface area contributed by atoms with Gasteiger partial charge in [0, 0.05) is 31.9 Å². The van der Waals surface area contributed by atoms with Crippen LogP contribution < -0.4 is 9.62 Å². The third-order valence-electron chi connectivity index (χ3n) is 5.37. The lowest BCUT2D eigenvalue weighted by molar-refractivity contribution is 0.299. The van der Waals surface area contributed by atoms with Crippen LogP contribution in [-0.4, -0.2) is 47.6 Å². The number of halogens is 1. The van der Waals surface area contributed by atoms with Crippen LogP contribution in [0.3, 0.4) is 0 Å². The maximum absolute atomic E-state index is 13.5. The summed E-state index contributed by atoms with van der Waals surface area (Å²) in [6, 6.07) is 10.1. The van der Waals surface area contributed by atoms with Crippen LogP contribution in [0.5, 0.6) is 0 Å². The first-order valence-corrected chi connectivity index (χ1v) is 10.9. The second kappa shape index (κ2) is 8.19. The van der Waals surface area contributed by atoms with E-state index in [-0.39, 0.29) is 17.5 Å². The molecule has 1 aliphatic rings. The molecule has 0 amide bonds. The molecule has 0 aromatic heterocycles. The normalized spacial score (nSPS) is 15.6. The van der Waals surface area contributed by atoms with E-state index >= 15 is 0 Å². The van der Waals surface area contributed by atoms with E-state index in [2.05, 4.69) is 34.9 Å². The average molecular weight is 406 g/mol. The fourth-order valence-electron chi connectivity index (χ4n) is 3.67. The number of benzene rings is 2. The highest BCUT2D eigenvalue weighted by Gasteiger charge is 2.22. The minimum Gasteiger partial charge on any atom is -0.374 e. The monoisotopic (exact) mass is 405 g/mol. The fraction of sp³-hybridized carbons (Fsp3) is 0.429. The van der Waals surface area contributed by atoms with Crippen molar-refractivity contribution in [3.8, 4) is 0 Å². The summed E-state index contributed by atoms with van der Waals surface area (Å²) in [7, 11) is 2.26. The average Bonchev–Trinajstić information content (AvgIpc) is 2.64. The summed E-state index contributed by atoms with van der Waals surface area (Å²) < 4.78 is 41.5. The Morgan fingerprint density at radius 3 is 2.64 bits per heavy atom.